The lowest BCUT2D eigenvalue weighted by Gasteiger charge is -2.19. The molecule has 0 aliphatic heterocycles. The van der Waals surface area contributed by atoms with Crippen molar-refractivity contribution in [3.8, 4) is 5.75 Å². The molecule has 0 saturated carbocycles. The topological polar surface area (TPSA) is 41.5 Å². The van der Waals surface area contributed by atoms with Gasteiger partial charge in [-0.15, -0.1) is 0 Å². The van der Waals surface area contributed by atoms with Crippen molar-refractivity contribution in [3.05, 3.63) is 42.0 Å². The minimum absolute atomic E-state index is 0.0569. The van der Waals surface area contributed by atoms with Crippen LogP contribution in [0, 0.1) is 0 Å². The van der Waals surface area contributed by atoms with Crippen LogP contribution in [0.1, 0.15) is 18.4 Å². The van der Waals surface area contributed by atoms with E-state index in [0.717, 1.165) is 22.1 Å². The van der Waals surface area contributed by atoms with Crippen LogP contribution in [0.3, 0.4) is 0 Å². The number of benzene rings is 2. The first-order valence-electron chi connectivity index (χ1n) is 6.08. The summed E-state index contributed by atoms with van der Waals surface area (Å²) >= 11 is 0. The van der Waals surface area contributed by atoms with E-state index in [4.69, 9.17) is 4.74 Å². The Morgan fingerprint density at radius 2 is 1.78 bits per heavy atom. The van der Waals surface area contributed by atoms with Crippen LogP contribution in [0.2, 0.25) is 0 Å². The lowest BCUT2D eigenvalue weighted by atomic mass is 9.96. The standard InChI is InChI=1S/C15H19NO2/c1-10(15(17)16-2)11-4-5-13-9-14(18-3)7-6-12(13)8-11/h4-10,15-17H,1-3H3. The highest BCUT2D eigenvalue weighted by Crippen LogP contribution is 2.26. The minimum atomic E-state index is -0.527. The summed E-state index contributed by atoms with van der Waals surface area (Å²) in [6.07, 6.45) is -0.527. The third-order valence-electron chi connectivity index (χ3n) is 3.37. The molecule has 18 heavy (non-hydrogen) atoms. The van der Waals surface area contributed by atoms with Gasteiger partial charge in [-0.25, -0.2) is 0 Å². The van der Waals surface area contributed by atoms with Crippen molar-refractivity contribution in [1.82, 2.24) is 5.32 Å². The van der Waals surface area contributed by atoms with E-state index >= 15 is 0 Å². The van der Waals surface area contributed by atoms with Gasteiger partial charge in [0.1, 0.15) is 12.0 Å². The van der Waals surface area contributed by atoms with Gasteiger partial charge in [-0.1, -0.05) is 31.2 Å². The van der Waals surface area contributed by atoms with E-state index in [2.05, 4.69) is 17.4 Å². The second-order valence-electron chi connectivity index (χ2n) is 4.49. The fraction of sp³-hybridized carbons (Fsp3) is 0.333. The lowest BCUT2D eigenvalue weighted by Crippen LogP contribution is -2.30. The van der Waals surface area contributed by atoms with Crippen LogP contribution in [-0.4, -0.2) is 25.5 Å². The van der Waals surface area contributed by atoms with Gasteiger partial charge in [0.15, 0.2) is 0 Å². The Balaban J connectivity index is 2.38. The summed E-state index contributed by atoms with van der Waals surface area (Å²) in [6, 6.07) is 12.2. The number of hydrogen-bond donors (Lipinski definition) is 2. The molecule has 2 rings (SSSR count). The molecule has 0 saturated heterocycles. The molecule has 0 fully saturated rings. The van der Waals surface area contributed by atoms with Gasteiger partial charge in [0.2, 0.25) is 0 Å². The Bertz CT molecular complexity index is 539. The van der Waals surface area contributed by atoms with Crippen LogP contribution in [0.15, 0.2) is 36.4 Å². The second kappa shape index (κ2) is 5.38. The van der Waals surface area contributed by atoms with Gasteiger partial charge in [0.05, 0.1) is 7.11 Å². The van der Waals surface area contributed by atoms with Crippen molar-refractivity contribution in [3.63, 3.8) is 0 Å². The Kier molecular flexibility index (Phi) is 3.84. The number of ether oxygens (including phenoxy) is 1. The zero-order valence-corrected chi connectivity index (χ0v) is 11.0. The highest BCUT2D eigenvalue weighted by molar-refractivity contribution is 5.84. The van der Waals surface area contributed by atoms with Gasteiger partial charge in [0.25, 0.3) is 0 Å². The van der Waals surface area contributed by atoms with Crippen molar-refractivity contribution < 1.29 is 9.84 Å². The lowest BCUT2D eigenvalue weighted by molar-refractivity contribution is 0.122. The average molecular weight is 245 g/mol. The number of likely N-dealkylation sites (N-methyl/N-ethyl adjacent to an activating group) is 1. The van der Waals surface area contributed by atoms with Gasteiger partial charge >= 0.3 is 0 Å². The maximum atomic E-state index is 9.80. The maximum absolute atomic E-state index is 9.80. The molecule has 2 N–H and O–H groups in total. The largest absolute Gasteiger partial charge is 0.497 e. The van der Waals surface area contributed by atoms with Crippen molar-refractivity contribution in [2.75, 3.05) is 14.2 Å². The summed E-state index contributed by atoms with van der Waals surface area (Å²) in [4.78, 5) is 0. The predicted molar refractivity (Wildman–Crippen MR) is 74.0 cm³/mol. The van der Waals surface area contributed by atoms with E-state index in [0.29, 0.717) is 0 Å². The molecule has 0 aliphatic rings. The van der Waals surface area contributed by atoms with Gasteiger partial charge < -0.3 is 9.84 Å². The Morgan fingerprint density at radius 3 is 2.44 bits per heavy atom. The number of fused-ring (bicyclic) bond motifs is 1. The van der Waals surface area contributed by atoms with E-state index in [9.17, 15) is 5.11 Å². The molecule has 96 valence electrons. The van der Waals surface area contributed by atoms with Gasteiger partial charge in [-0.2, -0.15) is 0 Å². The van der Waals surface area contributed by atoms with Gasteiger partial charge in [-0.3, -0.25) is 5.32 Å². The molecule has 0 aliphatic carbocycles. The number of aliphatic hydroxyl groups excluding tert-OH is 1. The van der Waals surface area contributed by atoms with E-state index in [1.54, 1.807) is 14.2 Å². The first kappa shape index (κ1) is 12.9. The minimum Gasteiger partial charge on any atom is -0.497 e. The molecule has 0 aromatic heterocycles. The van der Waals surface area contributed by atoms with Crippen LogP contribution in [0.4, 0.5) is 0 Å². The fourth-order valence-electron chi connectivity index (χ4n) is 2.08. The third-order valence-corrected chi connectivity index (χ3v) is 3.37. The first-order chi connectivity index (χ1) is 8.65. The zero-order chi connectivity index (χ0) is 13.1. The summed E-state index contributed by atoms with van der Waals surface area (Å²) in [7, 11) is 3.42. The van der Waals surface area contributed by atoms with Crippen molar-refractivity contribution >= 4 is 10.8 Å². The number of methoxy groups -OCH3 is 1. The van der Waals surface area contributed by atoms with Gasteiger partial charge in [-0.05, 0) is 35.5 Å². The van der Waals surface area contributed by atoms with E-state index in [-0.39, 0.29) is 5.92 Å². The quantitative estimate of drug-likeness (QED) is 0.813. The maximum Gasteiger partial charge on any atom is 0.119 e. The molecule has 2 unspecified atom stereocenters. The Hall–Kier alpha value is -1.58. The molecule has 3 nitrogen and oxygen atoms in total. The Morgan fingerprint density at radius 1 is 1.11 bits per heavy atom. The van der Waals surface area contributed by atoms with Crippen LogP contribution >= 0.6 is 0 Å². The molecular weight excluding hydrogens is 226 g/mol. The van der Waals surface area contributed by atoms with Crippen LogP contribution < -0.4 is 10.1 Å². The van der Waals surface area contributed by atoms with E-state index in [1.165, 1.54) is 0 Å². The second-order valence-corrected chi connectivity index (χ2v) is 4.49. The molecular formula is C15H19NO2. The zero-order valence-electron chi connectivity index (χ0n) is 11.0. The fourth-order valence-corrected chi connectivity index (χ4v) is 2.08. The van der Waals surface area contributed by atoms with Crippen molar-refractivity contribution in [2.45, 2.75) is 19.1 Å². The molecule has 2 aromatic rings. The number of aliphatic hydroxyl groups is 1. The summed E-state index contributed by atoms with van der Waals surface area (Å²) in [6.45, 7) is 2.01. The summed E-state index contributed by atoms with van der Waals surface area (Å²) in [5, 5.41) is 15.0. The number of hydrogen-bond acceptors (Lipinski definition) is 3. The third kappa shape index (κ3) is 2.47. The molecule has 0 spiro atoms. The smallest absolute Gasteiger partial charge is 0.119 e. The summed E-state index contributed by atoms with van der Waals surface area (Å²) in [5.74, 6) is 0.917. The molecule has 2 aromatic carbocycles. The summed E-state index contributed by atoms with van der Waals surface area (Å²) < 4.78 is 5.21. The molecule has 0 amide bonds. The van der Waals surface area contributed by atoms with Crippen LogP contribution in [-0.2, 0) is 0 Å². The van der Waals surface area contributed by atoms with Crippen LogP contribution in [0.25, 0.3) is 10.8 Å². The molecule has 0 radical (unpaired) electrons. The normalized spacial score (nSPS) is 14.4. The highest BCUT2D eigenvalue weighted by Gasteiger charge is 2.14. The van der Waals surface area contributed by atoms with E-state index < -0.39 is 6.23 Å². The highest BCUT2D eigenvalue weighted by atomic mass is 16.5. The molecule has 3 heteroatoms. The van der Waals surface area contributed by atoms with Crippen molar-refractivity contribution in [1.29, 1.82) is 0 Å². The predicted octanol–water partition coefficient (Wildman–Crippen LogP) is 2.49. The van der Waals surface area contributed by atoms with Gasteiger partial charge in [0, 0.05) is 5.92 Å². The summed E-state index contributed by atoms with van der Waals surface area (Å²) in [5.41, 5.74) is 1.12. The monoisotopic (exact) mass is 245 g/mol. The molecule has 2 atom stereocenters. The SMILES string of the molecule is CNC(O)C(C)c1ccc2cc(OC)ccc2c1. The van der Waals surface area contributed by atoms with E-state index in [1.807, 2.05) is 31.2 Å². The average Bonchev–Trinajstić information content (AvgIpc) is 2.44. The van der Waals surface area contributed by atoms with Crippen LogP contribution in [0.5, 0.6) is 5.75 Å². The van der Waals surface area contributed by atoms with Crippen molar-refractivity contribution in [2.24, 2.45) is 0 Å². The first-order valence-corrected chi connectivity index (χ1v) is 6.08. The molecule has 0 bridgehead atoms. The number of rotatable bonds is 4. The molecule has 0 heterocycles. The Labute approximate surface area is 107 Å². The number of nitrogens with one attached hydrogen (secondary N) is 1.